The number of hydrogen-bond acceptors (Lipinski definition) is 3. The van der Waals surface area contributed by atoms with E-state index in [4.69, 9.17) is 9.47 Å². The average Bonchev–Trinajstić information content (AvgIpc) is 3.08. The monoisotopic (exact) mass is 447 g/mol. The number of guanidine groups is 1. The maximum Gasteiger partial charge on any atom is 0.191 e. The van der Waals surface area contributed by atoms with Crippen LogP contribution >= 0.6 is 24.0 Å². The predicted octanol–water partition coefficient (Wildman–Crippen LogP) is 2.86. The van der Waals surface area contributed by atoms with Gasteiger partial charge in [0.05, 0.1) is 12.7 Å². The van der Waals surface area contributed by atoms with Crippen molar-refractivity contribution in [3.63, 3.8) is 0 Å². The Morgan fingerprint density at radius 2 is 2.08 bits per heavy atom. The van der Waals surface area contributed by atoms with Gasteiger partial charge >= 0.3 is 0 Å². The fraction of sp³-hybridized carbons (Fsp3) is 0.611. The molecule has 1 heterocycles. The number of hydrogen-bond donors (Lipinski definition) is 2. The van der Waals surface area contributed by atoms with Crippen LogP contribution in [0.3, 0.4) is 0 Å². The van der Waals surface area contributed by atoms with Gasteiger partial charge in [-0.15, -0.1) is 24.0 Å². The number of ether oxygens (including phenoxy) is 2. The van der Waals surface area contributed by atoms with Crippen LogP contribution in [0, 0.1) is 6.92 Å². The second-order valence-electron chi connectivity index (χ2n) is 5.90. The van der Waals surface area contributed by atoms with Gasteiger partial charge in [-0.3, -0.25) is 4.99 Å². The molecule has 2 rings (SSSR count). The standard InChI is InChI=1S/C18H29N3O2.HI/c1-15-6-8-16(9-7-15)13-21-18(19-2)20-10-4-11-22-14-17-5-3-12-23-17;/h6-9,17H,3-5,10-14H2,1-2H3,(H2,19,20,21);1H. The van der Waals surface area contributed by atoms with E-state index in [9.17, 15) is 0 Å². The van der Waals surface area contributed by atoms with Crippen LogP contribution in [-0.2, 0) is 16.0 Å². The first-order chi connectivity index (χ1) is 11.3. The Hall–Kier alpha value is -0.860. The third kappa shape index (κ3) is 8.30. The van der Waals surface area contributed by atoms with Gasteiger partial charge in [0.25, 0.3) is 0 Å². The largest absolute Gasteiger partial charge is 0.379 e. The second kappa shape index (κ2) is 12.5. The van der Waals surface area contributed by atoms with Crippen LogP contribution in [0.1, 0.15) is 30.4 Å². The first-order valence-electron chi connectivity index (χ1n) is 8.47. The van der Waals surface area contributed by atoms with Gasteiger partial charge in [-0.1, -0.05) is 29.8 Å². The molecule has 0 aliphatic carbocycles. The fourth-order valence-electron chi connectivity index (χ4n) is 2.48. The van der Waals surface area contributed by atoms with E-state index >= 15 is 0 Å². The number of halogens is 1. The molecule has 0 radical (unpaired) electrons. The molecule has 0 spiro atoms. The van der Waals surface area contributed by atoms with E-state index in [0.717, 1.165) is 51.7 Å². The summed E-state index contributed by atoms with van der Waals surface area (Å²) in [6.45, 7) is 6.08. The molecule has 1 fully saturated rings. The Bertz CT molecular complexity index is 474. The molecule has 1 unspecified atom stereocenters. The number of benzene rings is 1. The Morgan fingerprint density at radius 3 is 2.75 bits per heavy atom. The lowest BCUT2D eigenvalue weighted by molar-refractivity contribution is 0.0168. The average molecular weight is 447 g/mol. The first kappa shape index (κ1) is 21.2. The van der Waals surface area contributed by atoms with Gasteiger partial charge in [-0.25, -0.2) is 0 Å². The highest BCUT2D eigenvalue weighted by molar-refractivity contribution is 14.0. The van der Waals surface area contributed by atoms with Crippen molar-refractivity contribution in [1.82, 2.24) is 10.6 Å². The molecule has 0 aromatic heterocycles. The van der Waals surface area contributed by atoms with Gasteiger partial charge in [0.2, 0.25) is 0 Å². The highest BCUT2D eigenvalue weighted by Crippen LogP contribution is 2.11. The molecule has 136 valence electrons. The zero-order chi connectivity index (χ0) is 16.3. The number of nitrogens with one attached hydrogen (secondary N) is 2. The van der Waals surface area contributed by atoms with Crippen LogP contribution < -0.4 is 10.6 Å². The van der Waals surface area contributed by atoms with E-state index in [2.05, 4.69) is 46.8 Å². The SMILES string of the molecule is CN=C(NCCCOCC1CCCO1)NCc1ccc(C)cc1.I. The van der Waals surface area contributed by atoms with Crippen molar-refractivity contribution in [2.75, 3.05) is 33.4 Å². The van der Waals surface area contributed by atoms with Gasteiger partial charge in [0, 0.05) is 33.4 Å². The maximum absolute atomic E-state index is 5.65. The van der Waals surface area contributed by atoms with Gasteiger partial charge in [0.15, 0.2) is 5.96 Å². The molecule has 1 aromatic carbocycles. The smallest absolute Gasteiger partial charge is 0.191 e. The van der Waals surface area contributed by atoms with E-state index in [-0.39, 0.29) is 24.0 Å². The summed E-state index contributed by atoms with van der Waals surface area (Å²) in [6, 6.07) is 8.51. The molecular weight excluding hydrogens is 417 g/mol. The van der Waals surface area contributed by atoms with Crippen molar-refractivity contribution in [2.24, 2.45) is 4.99 Å². The molecule has 5 nitrogen and oxygen atoms in total. The molecule has 0 bridgehead atoms. The summed E-state index contributed by atoms with van der Waals surface area (Å²) in [5, 5.41) is 6.63. The molecule has 1 aliphatic rings. The van der Waals surface area contributed by atoms with Crippen LogP contribution in [0.5, 0.6) is 0 Å². The highest BCUT2D eigenvalue weighted by atomic mass is 127. The normalized spacial score (nSPS) is 17.4. The van der Waals surface area contributed by atoms with Crippen molar-refractivity contribution in [3.8, 4) is 0 Å². The predicted molar refractivity (Wildman–Crippen MR) is 109 cm³/mol. The Kier molecular flexibility index (Phi) is 11.0. The van der Waals surface area contributed by atoms with Crippen molar-refractivity contribution in [1.29, 1.82) is 0 Å². The minimum atomic E-state index is 0. The van der Waals surface area contributed by atoms with Crippen LogP contribution in [0.4, 0.5) is 0 Å². The zero-order valence-corrected chi connectivity index (χ0v) is 17.0. The van der Waals surface area contributed by atoms with Crippen molar-refractivity contribution >= 4 is 29.9 Å². The molecule has 1 aliphatic heterocycles. The molecule has 1 aromatic rings. The fourth-order valence-corrected chi connectivity index (χ4v) is 2.48. The molecule has 2 N–H and O–H groups in total. The summed E-state index contributed by atoms with van der Waals surface area (Å²) in [5.41, 5.74) is 2.53. The van der Waals surface area contributed by atoms with Crippen molar-refractivity contribution in [3.05, 3.63) is 35.4 Å². The number of aryl methyl sites for hydroxylation is 1. The summed E-state index contributed by atoms with van der Waals surface area (Å²) >= 11 is 0. The topological polar surface area (TPSA) is 54.9 Å². The van der Waals surface area contributed by atoms with E-state index in [1.807, 2.05) is 0 Å². The lowest BCUT2D eigenvalue weighted by Crippen LogP contribution is -2.37. The Balaban J connectivity index is 0.00000288. The Labute approximate surface area is 162 Å². The van der Waals surface area contributed by atoms with Gasteiger partial charge < -0.3 is 20.1 Å². The van der Waals surface area contributed by atoms with Crippen LogP contribution in [0.25, 0.3) is 0 Å². The van der Waals surface area contributed by atoms with E-state index in [1.165, 1.54) is 17.5 Å². The quantitative estimate of drug-likeness (QED) is 0.279. The lowest BCUT2D eigenvalue weighted by Gasteiger charge is -2.13. The summed E-state index contributed by atoms with van der Waals surface area (Å²) in [5.74, 6) is 0.824. The molecular formula is C18H30IN3O2. The lowest BCUT2D eigenvalue weighted by atomic mass is 10.1. The van der Waals surface area contributed by atoms with Crippen molar-refractivity contribution in [2.45, 2.75) is 38.8 Å². The summed E-state index contributed by atoms with van der Waals surface area (Å²) in [6.07, 6.45) is 3.57. The van der Waals surface area contributed by atoms with Gasteiger partial charge in [0.1, 0.15) is 0 Å². The summed E-state index contributed by atoms with van der Waals surface area (Å²) in [4.78, 5) is 4.24. The molecule has 1 atom stereocenters. The highest BCUT2D eigenvalue weighted by Gasteiger charge is 2.14. The second-order valence-corrected chi connectivity index (χ2v) is 5.90. The van der Waals surface area contributed by atoms with E-state index < -0.39 is 0 Å². The Morgan fingerprint density at radius 1 is 1.29 bits per heavy atom. The maximum atomic E-state index is 5.65. The number of aliphatic imine (C=N–C) groups is 1. The van der Waals surface area contributed by atoms with Crippen LogP contribution in [0.15, 0.2) is 29.3 Å². The molecule has 24 heavy (non-hydrogen) atoms. The van der Waals surface area contributed by atoms with E-state index in [0.29, 0.717) is 6.10 Å². The number of rotatable bonds is 8. The summed E-state index contributed by atoms with van der Waals surface area (Å²) < 4.78 is 11.2. The molecule has 1 saturated heterocycles. The third-order valence-corrected chi connectivity index (χ3v) is 3.89. The van der Waals surface area contributed by atoms with Gasteiger partial charge in [-0.2, -0.15) is 0 Å². The minimum Gasteiger partial charge on any atom is -0.379 e. The first-order valence-corrected chi connectivity index (χ1v) is 8.47. The number of nitrogens with zero attached hydrogens (tertiary/aromatic N) is 1. The van der Waals surface area contributed by atoms with Crippen LogP contribution in [0.2, 0.25) is 0 Å². The third-order valence-electron chi connectivity index (χ3n) is 3.89. The van der Waals surface area contributed by atoms with Gasteiger partial charge in [-0.05, 0) is 31.7 Å². The molecule has 0 amide bonds. The van der Waals surface area contributed by atoms with E-state index in [1.54, 1.807) is 7.05 Å². The summed E-state index contributed by atoms with van der Waals surface area (Å²) in [7, 11) is 1.79. The van der Waals surface area contributed by atoms with Crippen molar-refractivity contribution < 1.29 is 9.47 Å². The zero-order valence-electron chi connectivity index (χ0n) is 14.7. The van der Waals surface area contributed by atoms with Crippen LogP contribution in [-0.4, -0.2) is 45.5 Å². The molecule has 6 heteroatoms. The minimum absolute atomic E-state index is 0. The molecule has 0 saturated carbocycles.